The third kappa shape index (κ3) is 3.77. The number of nitrogens with two attached hydrogens (primary N) is 1. The highest BCUT2D eigenvalue weighted by Crippen LogP contribution is 2.38. The number of hydrogen-bond donors (Lipinski definition) is 2. The van der Waals surface area contributed by atoms with Crippen LogP contribution < -0.4 is 11.1 Å². The number of carbonyl (C=O) groups excluding carboxylic acids is 1. The zero-order chi connectivity index (χ0) is 13.7. The zero-order valence-electron chi connectivity index (χ0n) is 11.6. The van der Waals surface area contributed by atoms with Gasteiger partial charge < -0.3 is 11.1 Å². The molecule has 1 fully saturated rings. The number of aromatic nitrogens is 1. The maximum Gasteiger partial charge on any atom is 0.224 e. The highest BCUT2D eigenvalue weighted by atomic mass is 16.1. The van der Waals surface area contributed by atoms with Crippen molar-refractivity contribution in [1.29, 1.82) is 0 Å². The summed E-state index contributed by atoms with van der Waals surface area (Å²) in [5.41, 5.74) is 7.66. The molecule has 1 saturated carbocycles. The van der Waals surface area contributed by atoms with E-state index in [1.165, 1.54) is 19.3 Å². The molecule has 0 aromatic carbocycles. The molecule has 4 nitrogen and oxygen atoms in total. The largest absolute Gasteiger partial charge is 0.330 e. The number of amides is 1. The maximum absolute atomic E-state index is 12.2. The van der Waals surface area contributed by atoms with Crippen molar-refractivity contribution >= 4 is 11.6 Å². The van der Waals surface area contributed by atoms with Crippen LogP contribution in [0.4, 0.5) is 5.69 Å². The Hall–Kier alpha value is -1.42. The first-order chi connectivity index (χ1) is 9.13. The SMILES string of the molecule is Cc1cc(NC(=O)CC2(CN)CCCCC2)ccn1. The van der Waals surface area contributed by atoms with Crippen molar-refractivity contribution < 1.29 is 4.79 Å². The Balaban J connectivity index is 1.96. The van der Waals surface area contributed by atoms with E-state index in [-0.39, 0.29) is 11.3 Å². The van der Waals surface area contributed by atoms with Crippen LogP contribution in [0.5, 0.6) is 0 Å². The molecule has 0 bridgehead atoms. The normalized spacial score (nSPS) is 18.0. The third-order valence-corrected chi connectivity index (χ3v) is 4.06. The number of pyridine rings is 1. The molecule has 0 unspecified atom stereocenters. The van der Waals surface area contributed by atoms with Crippen LogP contribution in [0, 0.1) is 12.3 Å². The van der Waals surface area contributed by atoms with Crippen molar-refractivity contribution in [2.45, 2.75) is 45.4 Å². The molecule has 1 amide bonds. The summed E-state index contributed by atoms with van der Waals surface area (Å²) in [6.45, 7) is 2.52. The van der Waals surface area contributed by atoms with Crippen LogP contribution in [-0.4, -0.2) is 17.4 Å². The van der Waals surface area contributed by atoms with Crippen LogP contribution in [0.2, 0.25) is 0 Å². The number of hydrogen-bond acceptors (Lipinski definition) is 3. The van der Waals surface area contributed by atoms with E-state index in [0.717, 1.165) is 24.2 Å². The minimum Gasteiger partial charge on any atom is -0.330 e. The Morgan fingerprint density at radius 3 is 2.79 bits per heavy atom. The van der Waals surface area contributed by atoms with Crippen molar-refractivity contribution in [3.63, 3.8) is 0 Å². The Kier molecular flexibility index (Phi) is 4.53. The van der Waals surface area contributed by atoms with Gasteiger partial charge in [-0.2, -0.15) is 0 Å². The van der Waals surface area contributed by atoms with E-state index in [1.54, 1.807) is 6.20 Å². The van der Waals surface area contributed by atoms with Crippen molar-refractivity contribution in [2.75, 3.05) is 11.9 Å². The smallest absolute Gasteiger partial charge is 0.224 e. The molecule has 0 atom stereocenters. The second kappa shape index (κ2) is 6.15. The summed E-state index contributed by atoms with van der Waals surface area (Å²) >= 11 is 0. The fourth-order valence-electron chi connectivity index (χ4n) is 2.92. The summed E-state index contributed by atoms with van der Waals surface area (Å²) in [5, 5.41) is 2.95. The van der Waals surface area contributed by atoms with Gasteiger partial charge in [0.05, 0.1) is 0 Å². The first kappa shape index (κ1) is 14.0. The van der Waals surface area contributed by atoms with E-state index in [9.17, 15) is 4.79 Å². The Morgan fingerprint density at radius 1 is 1.42 bits per heavy atom. The highest BCUT2D eigenvalue weighted by molar-refractivity contribution is 5.91. The number of nitrogens with zero attached hydrogens (tertiary/aromatic N) is 1. The van der Waals surface area contributed by atoms with Gasteiger partial charge in [0.2, 0.25) is 5.91 Å². The summed E-state index contributed by atoms with van der Waals surface area (Å²) in [4.78, 5) is 16.3. The van der Waals surface area contributed by atoms with E-state index in [4.69, 9.17) is 5.73 Å². The van der Waals surface area contributed by atoms with Crippen molar-refractivity contribution in [3.8, 4) is 0 Å². The average Bonchev–Trinajstić information content (AvgIpc) is 2.39. The lowest BCUT2D eigenvalue weighted by Crippen LogP contribution is -2.36. The van der Waals surface area contributed by atoms with Crippen LogP contribution in [0.15, 0.2) is 18.3 Å². The zero-order valence-corrected chi connectivity index (χ0v) is 11.6. The van der Waals surface area contributed by atoms with E-state index < -0.39 is 0 Å². The number of carbonyl (C=O) groups is 1. The van der Waals surface area contributed by atoms with Gasteiger partial charge in [-0.15, -0.1) is 0 Å². The van der Waals surface area contributed by atoms with Gasteiger partial charge in [0.15, 0.2) is 0 Å². The van der Waals surface area contributed by atoms with E-state index in [1.807, 2.05) is 19.1 Å². The van der Waals surface area contributed by atoms with Crippen LogP contribution in [0.3, 0.4) is 0 Å². The monoisotopic (exact) mass is 261 g/mol. The Labute approximate surface area is 114 Å². The van der Waals surface area contributed by atoms with E-state index in [2.05, 4.69) is 10.3 Å². The Morgan fingerprint density at radius 2 is 2.16 bits per heavy atom. The molecule has 2 rings (SSSR count). The summed E-state index contributed by atoms with van der Waals surface area (Å²) < 4.78 is 0. The number of aryl methyl sites for hydroxylation is 1. The standard InChI is InChI=1S/C15H23N3O/c1-12-9-13(5-8-17-12)18-14(19)10-15(11-16)6-3-2-4-7-15/h5,8-9H,2-4,6-7,10-11,16H2,1H3,(H,17,18,19). The van der Waals surface area contributed by atoms with E-state index in [0.29, 0.717) is 13.0 Å². The number of nitrogens with one attached hydrogen (secondary N) is 1. The van der Waals surface area contributed by atoms with Crippen LogP contribution >= 0.6 is 0 Å². The molecule has 1 heterocycles. The quantitative estimate of drug-likeness (QED) is 0.875. The fourth-order valence-corrected chi connectivity index (χ4v) is 2.92. The van der Waals surface area contributed by atoms with Crippen molar-refractivity contribution in [3.05, 3.63) is 24.0 Å². The van der Waals surface area contributed by atoms with Crippen molar-refractivity contribution in [1.82, 2.24) is 4.98 Å². The second-order valence-electron chi connectivity index (χ2n) is 5.68. The summed E-state index contributed by atoms with van der Waals surface area (Å²) in [5.74, 6) is 0.0675. The van der Waals surface area contributed by atoms with Gasteiger partial charge in [-0.1, -0.05) is 19.3 Å². The second-order valence-corrected chi connectivity index (χ2v) is 5.68. The van der Waals surface area contributed by atoms with Crippen LogP contribution in [0.1, 0.15) is 44.2 Å². The lowest BCUT2D eigenvalue weighted by molar-refractivity contribution is -0.118. The maximum atomic E-state index is 12.2. The molecule has 0 aliphatic heterocycles. The van der Waals surface area contributed by atoms with Gasteiger partial charge in [0.25, 0.3) is 0 Å². The molecular weight excluding hydrogens is 238 g/mol. The minimum absolute atomic E-state index is 0.0183. The molecular formula is C15H23N3O. The molecule has 3 N–H and O–H groups in total. The highest BCUT2D eigenvalue weighted by Gasteiger charge is 2.32. The van der Waals surface area contributed by atoms with Gasteiger partial charge in [-0.3, -0.25) is 9.78 Å². The van der Waals surface area contributed by atoms with Gasteiger partial charge in [-0.25, -0.2) is 0 Å². The lowest BCUT2D eigenvalue weighted by Gasteiger charge is -2.35. The summed E-state index contributed by atoms with van der Waals surface area (Å²) in [6.07, 6.45) is 8.05. The predicted octanol–water partition coefficient (Wildman–Crippen LogP) is 2.63. The number of rotatable bonds is 4. The predicted molar refractivity (Wildman–Crippen MR) is 76.8 cm³/mol. The Bertz CT molecular complexity index is 439. The molecule has 1 aliphatic rings. The van der Waals surface area contributed by atoms with Gasteiger partial charge in [-0.05, 0) is 43.9 Å². The lowest BCUT2D eigenvalue weighted by atomic mass is 9.71. The fraction of sp³-hybridized carbons (Fsp3) is 0.600. The van der Waals surface area contributed by atoms with Gasteiger partial charge in [0, 0.05) is 24.0 Å². The third-order valence-electron chi connectivity index (χ3n) is 4.06. The van der Waals surface area contributed by atoms with Crippen LogP contribution in [0.25, 0.3) is 0 Å². The molecule has 0 radical (unpaired) electrons. The van der Waals surface area contributed by atoms with Crippen LogP contribution in [-0.2, 0) is 4.79 Å². The topological polar surface area (TPSA) is 68.0 Å². The van der Waals surface area contributed by atoms with Gasteiger partial charge >= 0.3 is 0 Å². The number of anilines is 1. The first-order valence-corrected chi connectivity index (χ1v) is 7.06. The van der Waals surface area contributed by atoms with E-state index >= 15 is 0 Å². The first-order valence-electron chi connectivity index (χ1n) is 7.06. The molecule has 4 heteroatoms. The molecule has 0 saturated heterocycles. The minimum atomic E-state index is 0.0183. The molecule has 104 valence electrons. The molecule has 1 aromatic heterocycles. The molecule has 1 aliphatic carbocycles. The summed E-state index contributed by atoms with van der Waals surface area (Å²) in [7, 11) is 0. The summed E-state index contributed by atoms with van der Waals surface area (Å²) in [6, 6.07) is 3.70. The molecule has 1 aromatic rings. The average molecular weight is 261 g/mol. The molecule has 0 spiro atoms. The van der Waals surface area contributed by atoms with Gasteiger partial charge in [0.1, 0.15) is 0 Å². The van der Waals surface area contributed by atoms with Crippen molar-refractivity contribution in [2.24, 2.45) is 11.1 Å². The molecule has 19 heavy (non-hydrogen) atoms.